The average Bonchev–Trinajstić information content (AvgIpc) is 3.08. The molecule has 0 saturated carbocycles. The van der Waals surface area contributed by atoms with Crippen molar-refractivity contribution >= 4 is 11.6 Å². The van der Waals surface area contributed by atoms with Crippen LogP contribution in [0, 0.1) is 19.7 Å². The maximum atomic E-state index is 14.6. The SMILES string of the molecule is Cc1cn(-c2ccc(Nc3nc(C)cc(Cc4ccccc4)n3)cc2F)cn1. The van der Waals surface area contributed by atoms with Gasteiger partial charge >= 0.3 is 0 Å². The number of hydrogen-bond acceptors (Lipinski definition) is 4. The minimum absolute atomic E-state index is 0.348. The van der Waals surface area contributed by atoms with Gasteiger partial charge in [0.1, 0.15) is 5.82 Å². The monoisotopic (exact) mass is 373 g/mol. The second-order valence-electron chi connectivity index (χ2n) is 6.70. The Hall–Kier alpha value is -3.54. The fraction of sp³-hybridized carbons (Fsp3) is 0.136. The van der Waals surface area contributed by atoms with Crippen LogP contribution < -0.4 is 5.32 Å². The molecular formula is C22H20FN5. The van der Waals surface area contributed by atoms with Crippen molar-refractivity contribution in [2.45, 2.75) is 20.3 Å². The lowest BCUT2D eigenvalue weighted by atomic mass is 10.1. The molecule has 0 aliphatic heterocycles. The number of hydrogen-bond donors (Lipinski definition) is 1. The highest BCUT2D eigenvalue weighted by Crippen LogP contribution is 2.21. The van der Waals surface area contributed by atoms with Crippen LogP contribution >= 0.6 is 0 Å². The van der Waals surface area contributed by atoms with E-state index in [1.54, 1.807) is 29.2 Å². The van der Waals surface area contributed by atoms with Gasteiger partial charge in [0, 0.05) is 24.0 Å². The molecule has 0 unspecified atom stereocenters. The Morgan fingerprint density at radius 1 is 0.964 bits per heavy atom. The average molecular weight is 373 g/mol. The fourth-order valence-corrected chi connectivity index (χ4v) is 3.06. The molecule has 0 atom stereocenters. The number of aryl methyl sites for hydroxylation is 2. The Morgan fingerprint density at radius 2 is 1.79 bits per heavy atom. The number of nitrogens with zero attached hydrogens (tertiary/aromatic N) is 4. The van der Waals surface area contributed by atoms with Crippen LogP contribution in [0.25, 0.3) is 5.69 Å². The molecule has 6 heteroatoms. The topological polar surface area (TPSA) is 55.6 Å². The van der Waals surface area contributed by atoms with Gasteiger partial charge in [-0.15, -0.1) is 0 Å². The Kier molecular flexibility index (Phi) is 4.85. The zero-order valence-electron chi connectivity index (χ0n) is 15.7. The highest BCUT2D eigenvalue weighted by Gasteiger charge is 2.09. The standard InChI is InChI=1S/C22H20FN5/c1-15-10-19(11-17-6-4-3-5-7-17)27-22(25-15)26-18-8-9-21(20(23)12-18)28-13-16(2)24-14-28/h3-10,12-14H,11H2,1-2H3,(H,25,26,27). The van der Waals surface area contributed by atoms with Crippen molar-refractivity contribution in [2.75, 3.05) is 5.32 Å². The molecule has 4 aromatic rings. The van der Waals surface area contributed by atoms with Crippen LogP contribution in [0.3, 0.4) is 0 Å². The Labute approximate surface area is 162 Å². The molecule has 0 bridgehead atoms. The van der Waals surface area contributed by atoms with Crippen molar-refractivity contribution in [2.24, 2.45) is 0 Å². The van der Waals surface area contributed by atoms with Gasteiger partial charge in [-0.3, -0.25) is 0 Å². The van der Waals surface area contributed by atoms with Crippen LogP contribution in [0.15, 0.2) is 67.1 Å². The van der Waals surface area contributed by atoms with E-state index < -0.39 is 0 Å². The first-order chi connectivity index (χ1) is 13.6. The van der Waals surface area contributed by atoms with Crippen LogP contribution in [0.2, 0.25) is 0 Å². The van der Waals surface area contributed by atoms with Crippen LogP contribution in [0.5, 0.6) is 0 Å². The van der Waals surface area contributed by atoms with Gasteiger partial charge in [0.2, 0.25) is 5.95 Å². The molecule has 28 heavy (non-hydrogen) atoms. The van der Waals surface area contributed by atoms with Crippen LogP contribution in [0.4, 0.5) is 16.0 Å². The summed E-state index contributed by atoms with van der Waals surface area (Å²) in [5.74, 6) is 0.108. The fourth-order valence-electron chi connectivity index (χ4n) is 3.06. The van der Waals surface area contributed by atoms with Crippen LogP contribution in [-0.4, -0.2) is 19.5 Å². The summed E-state index contributed by atoms with van der Waals surface area (Å²) in [7, 11) is 0. The van der Waals surface area contributed by atoms with Crippen LogP contribution in [0.1, 0.15) is 22.6 Å². The summed E-state index contributed by atoms with van der Waals surface area (Å²) in [4.78, 5) is 13.1. The summed E-state index contributed by atoms with van der Waals surface area (Å²) in [6.45, 7) is 3.79. The predicted octanol–water partition coefficient (Wildman–Crippen LogP) is 4.75. The third-order valence-corrected chi connectivity index (χ3v) is 4.33. The van der Waals surface area contributed by atoms with E-state index in [4.69, 9.17) is 0 Å². The number of aromatic nitrogens is 4. The first-order valence-electron chi connectivity index (χ1n) is 9.03. The molecule has 1 N–H and O–H groups in total. The molecule has 0 fully saturated rings. The van der Waals surface area contributed by atoms with Crippen molar-refractivity contribution < 1.29 is 4.39 Å². The molecule has 5 nitrogen and oxygen atoms in total. The molecule has 140 valence electrons. The van der Waals surface area contributed by atoms with Gasteiger partial charge < -0.3 is 9.88 Å². The minimum Gasteiger partial charge on any atom is -0.324 e. The lowest BCUT2D eigenvalue weighted by Crippen LogP contribution is -2.03. The largest absolute Gasteiger partial charge is 0.324 e. The minimum atomic E-state index is -0.348. The van der Waals surface area contributed by atoms with Gasteiger partial charge in [0.05, 0.1) is 23.4 Å². The van der Waals surface area contributed by atoms with Crippen molar-refractivity contribution in [1.82, 2.24) is 19.5 Å². The first-order valence-corrected chi connectivity index (χ1v) is 9.03. The van der Waals surface area contributed by atoms with Gasteiger partial charge in [0.15, 0.2) is 0 Å². The number of anilines is 2. The molecule has 2 aromatic carbocycles. The van der Waals surface area contributed by atoms with Crippen LogP contribution in [-0.2, 0) is 6.42 Å². The third-order valence-electron chi connectivity index (χ3n) is 4.33. The Balaban J connectivity index is 1.56. The van der Waals surface area contributed by atoms with Gasteiger partial charge in [-0.2, -0.15) is 0 Å². The van der Waals surface area contributed by atoms with E-state index in [0.29, 0.717) is 23.7 Å². The summed E-state index contributed by atoms with van der Waals surface area (Å²) in [6.07, 6.45) is 4.09. The normalized spacial score (nSPS) is 10.8. The maximum Gasteiger partial charge on any atom is 0.227 e. The molecule has 0 amide bonds. The number of imidazole rings is 1. The van der Waals surface area contributed by atoms with E-state index in [2.05, 4.69) is 32.4 Å². The smallest absolute Gasteiger partial charge is 0.227 e. The lowest BCUT2D eigenvalue weighted by Gasteiger charge is -2.10. The molecule has 2 aromatic heterocycles. The quantitative estimate of drug-likeness (QED) is 0.548. The first kappa shape index (κ1) is 17.9. The molecule has 2 heterocycles. The summed E-state index contributed by atoms with van der Waals surface area (Å²) < 4.78 is 16.2. The summed E-state index contributed by atoms with van der Waals surface area (Å²) >= 11 is 0. The molecule has 0 radical (unpaired) electrons. The lowest BCUT2D eigenvalue weighted by molar-refractivity contribution is 0.618. The van der Waals surface area contributed by atoms with Crippen molar-refractivity contribution in [1.29, 1.82) is 0 Å². The van der Waals surface area contributed by atoms with E-state index in [-0.39, 0.29) is 5.82 Å². The summed E-state index contributed by atoms with van der Waals surface area (Å²) in [6, 6.07) is 17.0. The zero-order chi connectivity index (χ0) is 19.5. The summed E-state index contributed by atoms with van der Waals surface area (Å²) in [5, 5.41) is 3.11. The van der Waals surface area contributed by atoms with Crippen molar-refractivity contribution in [3.8, 4) is 5.69 Å². The van der Waals surface area contributed by atoms with Gasteiger partial charge in [-0.25, -0.2) is 19.3 Å². The summed E-state index contributed by atoms with van der Waals surface area (Å²) in [5.41, 5.74) is 4.82. The van der Waals surface area contributed by atoms with E-state index >= 15 is 0 Å². The molecule has 4 rings (SSSR count). The molecule has 0 spiro atoms. The van der Waals surface area contributed by atoms with E-state index in [1.807, 2.05) is 38.1 Å². The van der Waals surface area contributed by atoms with Gasteiger partial charge in [-0.1, -0.05) is 30.3 Å². The maximum absolute atomic E-state index is 14.6. The van der Waals surface area contributed by atoms with E-state index in [9.17, 15) is 4.39 Å². The Bertz CT molecular complexity index is 1110. The molecular weight excluding hydrogens is 353 g/mol. The molecule has 0 aliphatic carbocycles. The highest BCUT2D eigenvalue weighted by molar-refractivity contribution is 5.56. The van der Waals surface area contributed by atoms with Gasteiger partial charge in [-0.05, 0) is 43.7 Å². The number of rotatable bonds is 5. The second kappa shape index (κ2) is 7.60. The molecule has 0 aliphatic rings. The number of benzene rings is 2. The third kappa shape index (κ3) is 4.06. The molecule has 0 saturated heterocycles. The van der Waals surface area contributed by atoms with Gasteiger partial charge in [0.25, 0.3) is 0 Å². The van der Waals surface area contributed by atoms with E-state index in [0.717, 1.165) is 17.1 Å². The van der Waals surface area contributed by atoms with Crippen molar-refractivity contribution in [3.05, 3.63) is 95.6 Å². The zero-order valence-corrected chi connectivity index (χ0v) is 15.7. The Morgan fingerprint density at radius 3 is 2.50 bits per heavy atom. The number of halogens is 1. The van der Waals surface area contributed by atoms with E-state index in [1.165, 1.54) is 11.6 Å². The highest BCUT2D eigenvalue weighted by atomic mass is 19.1. The van der Waals surface area contributed by atoms with Crippen molar-refractivity contribution in [3.63, 3.8) is 0 Å². The second-order valence-corrected chi connectivity index (χ2v) is 6.70. The predicted molar refractivity (Wildman–Crippen MR) is 108 cm³/mol. The number of nitrogens with one attached hydrogen (secondary N) is 1.